The molecule has 0 unspecified atom stereocenters. The molecule has 3 rings (SSSR count). The highest BCUT2D eigenvalue weighted by Gasteiger charge is 2.09. The normalized spacial score (nSPS) is 10.6. The lowest BCUT2D eigenvalue weighted by Gasteiger charge is -2.14. The Kier molecular flexibility index (Phi) is 4.42. The van der Waals surface area contributed by atoms with Crippen molar-refractivity contribution in [2.45, 2.75) is 6.54 Å². The summed E-state index contributed by atoms with van der Waals surface area (Å²) in [5, 5.41) is 9.35. The second-order valence-electron chi connectivity index (χ2n) is 4.93. The fourth-order valence-corrected chi connectivity index (χ4v) is 2.66. The van der Waals surface area contributed by atoms with Gasteiger partial charge in [-0.1, -0.05) is 72.9 Å². The summed E-state index contributed by atoms with van der Waals surface area (Å²) in [7, 11) is 0. The Balaban J connectivity index is 2.18. The Morgan fingerprint density at radius 1 is 0.909 bits per heavy atom. The van der Waals surface area contributed by atoms with Crippen molar-refractivity contribution in [3.05, 3.63) is 71.5 Å². The van der Waals surface area contributed by atoms with Gasteiger partial charge in [0, 0.05) is 23.9 Å². The standard InChI is InChI=1S/C18H16N2OS/c21-12-11-20-13-16(14-7-3-1-4-8-14)18(22)19-17(20)15-9-5-2-6-10-15/h1-10,13,21H,11-12H2. The van der Waals surface area contributed by atoms with Gasteiger partial charge in [-0.25, -0.2) is 4.98 Å². The third-order valence-corrected chi connectivity index (χ3v) is 3.76. The van der Waals surface area contributed by atoms with Crippen LogP contribution in [0.4, 0.5) is 0 Å². The van der Waals surface area contributed by atoms with Gasteiger partial charge in [0.25, 0.3) is 0 Å². The summed E-state index contributed by atoms with van der Waals surface area (Å²) in [6.45, 7) is 0.532. The smallest absolute Gasteiger partial charge is 0.141 e. The Hall–Kier alpha value is -2.30. The molecule has 0 fully saturated rings. The molecule has 0 aliphatic heterocycles. The van der Waals surface area contributed by atoms with E-state index in [1.165, 1.54) is 0 Å². The third kappa shape index (κ3) is 2.98. The summed E-state index contributed by atoms with van der Waals surface area (Å²) in [4.78, 5) is 4.60. The molecule has 0 amide bonds. The summed E-state index contributed by atoms with van der Waals surface area (Å²) in [6, 6.07) is 19.8. The molecule has 3 aromatic rings. The molecular weight excluding hydrogens is 292 g/mol. The molecule has 0 radical (unpaired) electrons. The number of hydrogen-bond donors (Lipinski definition) is 1. The van der Waals surface area contributed by atoms with Crippen molar-refractivity contribution in [3.63, 3.8) is 0 Å². The molecule has 110 valence electrons. The summed E-state index contributed by atoms with van der Waals surface area (Å²) in [6.07, 6.45) is 1.98. The molecule has 0 aliphatic rings. The van der Waals surface area contributed by atoms with Crippen molar-refractivity contribution >= 4 is 12.2 Å². The number of benzene rings is 2. The van der Waals surface area contributed by atoms with Gasteiger partial charge in [-0.3, -0.25) is 0 Å². The molecule has 0 spiro atoms. The minimum Gasteiger partial charge on any atom is -0.395 e. The Morgan fingerprint density at radius 2 is 1.50 bits per heavy atom. The summed E-state index contributed by atoms with van der Waals surface area (Å²) in [5.41, 5.74) is 2.93. The average Bonchev–Trinajstić information content (AvgIpc) is 2.58. The molecule has 0 bridgehead atoms. The summed E-state index contributed by atoms with van der Waals surface area (Å²) < 4.78 is 2.52. The monoisotopic (exact) mass is 308 g/mol. The number of hydrogen-bond acceptors (Lipinski definition) is 3. The van der Waals surface area contributed by atoms with Crippen molar-refractivity contribution in [3.8, 4) is 22.5 Å². The topological polar surface area (TPSA) is 38.0 Å². The van der Waals surface area contributed by atoms with E-state index in [1.54, 1.807) is 0 Å². The van der Waals surface area contributed by atoms with Crippen LogP contribution in [0.2, 0.25) is 0 Å². The number of aliphatic hydroxyl groups is 1. The number of aliphatic hydroxyl groups excluding tert-OH is 1. The van der Waals surface area contributed by atoms with Crippen molar-refractivity contribution in [2.75, 3.05) is 6.61 Å². The first-order valence-electron chi connectivity index (χ1n) is 7.13. The van der Waals surface area contributed by atoms with Crippen LogP contribution in [0.3, 0.4) is 0 Å². The zero-order valence-corrected chi connectivity index (χ0v) is 12.8. The van der Waals surface area contributed by atoms with Gasteiger partial charge in [-0.2, -0.15) is 0 Å². The molecule has 1 aromatic heterocycles. The van der Waals surface area contributed by atoms with E-state index in [0.717, 1.165) is 22.5 Å². The molecule has 0 aliphatic carbocycles. The van der Waals surface area contributed by atoms with E-state index >= 15 is 0 Å². The van der Waals surface area contributed by atoms with Crippen LogP contribution in [0.5, 0.6) is 0 Å². The number of rotatable bonds is 4. The fraction of sp³-hybridized carbons (Fsp3) is 0.111. The van der Waals surface area contributed by atoms with E-state index in [-0.39, 0.29) is 6.61 Å². The summed E-state index contributed by atoms with van der Waals surface area (Å²) >= 11 is 5.48. The Morgan fingerprint density at radius 3 is 2.09 bits per heavy atom. The predicted octanol–water partition coefficient (Wildman–Crippen LogP) is 3.94. The number of aromatic nitrogens is 2. The number of nitrogens with zero attached hydrogens (tertiary/aromatic N) is 2. The minimum absolute atomic E-state index is 0.0528. The van der Waals surface area contributed by atoms with Crippen LogP contribution in [-0.4, -0.2) is 21.3 Å². The second kappa shape index (κ2) is 6.64. The van der Waals surface area contributed by atoms with E-state index in [1.807, 2.05) is 71.4 Å². The van der Waals surface area contributed by atoms with Crippen molar-refractivity contribution < 1.29 is 5.11 Å². The van der Waals surface area contributed by atoms with Crippen molar-refractivity contribution in [2.24, 2.45) is 0 Å². The lowest BCUT2D eigenvalue weighted by atomic mass is 10.1. The van der Waals surface area contributed by atoms with Gasteiger partial charge in [0.1, 0.15) is 10.5 Å². The molecule has 0 atom stereocenters. The molecule has 0 saturated heterocycles. The van der Waals surface area contributed by atoms with Crippen LogP contribution in [-0.2, 0) is 6.54 Å². The lowest BCUT2D eigenvalue weighted by molar-refractivity contribution is 0.276. The van der Waals surface area contributed by atoms with Gasteiger partial charge in [-0.05, 0) is 5.56 Å². The maximum absolute atomic E-state index is 9.35. The first kappa shape index (κ1) is 14.6. The highest BCUT2D eigenvalue weighted by molar-refractivity contribution is 7.71. The molecule has 0 saturated carbocycles. The largest absolute Gasteiger partial charge is 0.395 e. The maximum Gasteiger partial charge on any atom is 0.141 e. The highest BCUT2D eigenvalue weighted by atomic mass is 32.1. The van der Waals surface area contributed by atoms with Gasteiger partial charge in [0.2, 0.25) is 0 Å². The zero-order chi connectivity index (χ0) is 15.4. The van der Waals surface area contributed by atoms with Crippen LogP contribution in [0, 0.1) is 4.64 Å². The minimum atomic E-state index is 0.0528. The van der Waals surface area contributed by atoms with E-state index in [0.29, 0.717) is 11.2 Å². The Bertz CT molecular complexity index is 813. The highest BCUT2D eigenvalue weighted by Crippen LogP contribution is 2.24. The van der Waals surface area contributed by atoms with Crippen molar-refractivity contribution in [1.29, 1.82) is 0 Å². The van der Waals surface area contributed by atoms with Gasteiger partial charge in [0.05, 0.1) is 6.61 Å². The van der Waals surface area contributed by atoms with Gasteiger partial charge >= 0.3 is 0 Å². The molecule has 4 heteroatoms. The zero-order valence-electron chi connectivity index (χ0n) is 12.0. The van der Waals surface area contributed by atoms with Crippen LogP contribution in [0.1, 0.15) is 0 Å². The van der Waals surface area contributed by atoms with E-state index < -0.39 is 0 Å². The molecule has 22 heavy (non-hydrogen) atoms. The van der Waals surface area contributed by atoms with Crippen LogP contribution in [0.15, 0.2) is 66.9 Å². The maximum atomic E-state index is 9.35. The SMILES string of the molecule is OCCn1cc(-c2ccccc2)c(=S)nc1-c1ccccc1. The van der Waals surface area contributed by atoms with Crippen LogP contribution < -0.4 is 0 Å². The van der Waals surface area contributed by atoms with Gasteiger partial charge < -0.3 is 9.67 Å². The quantitative estimate of drug-likeness (QED) is 0.742. The second-order valence-corrected chi connectivity index (χ2v) is 5.32. The van der Waals surface area contributed by atoms with Crippen LogP contribution >= 0.6 is 12.2 Å². The van der Waals surface area contributed by atoms with E-state index in [2.05, 4.69) is 4.98 Å². The van der Waals surface area contributed by atoms with Gasteiger partial charge in [0.15, 0.2) is 0 Å². The average molecular weight is 308 g/mol. The predicted molar refractivity (Wildman–Crippen MR) is 91.0 cm³/mol. The van der Waals surface area contributed by atoms with Gasteiger partial charge in [-0.15, -0.1) is 0 Å². The first-order chi connectivity index (χ1) is 10.8. The lowest BCUT2D eigenvalue weighted by Crippen LogP contribution is -2.09. The van der Waals surface area contributed by atoms with E-state index in [4.69, 9.17) is 12.2 Å². The third-order valence-electron chi connectivity index (χ3n) is 3.45. The fourth-order valence-electron chi connectivity index (χ4n) is 2.40. The first-order valence-corrected chi connectivity index (χ1v) is 7.53. The van der Waals surface area contributed by atoms with Crippen molar-refractivity contribution in [1.82, 2.24) is 9.55 Å². The summed E-state index contributed by atoms with van der Waals surface area (Å²) in [5.74, 6) is 0.777. The molecular formula is C18H16N2OS. The van der Waals surface area contributed by atoms with E-state index in [9.17, 15) is 5.11 Å². The Labute approximate surface area is 134 Å². The molecule has 3 nitrogen and oxygen atoms in total. The van der Waals surface area contributed by atoms with Crippen LogP contribution in [0.25, 0.3) is 22.5 Å². The molecule has 2 aromatic carbocycles. The molecule has 1 N–H and O–H groups in total. The molecule has 1 heterocycles.